The van der Waals surface area contributed by atoms with E-state index >= 15 is 0 Å². The van der Waals surface area contributed by atoms with E-state index in [0.717, 1.165) is 6.42 Å². The summed E-state index contributed by atoms with van der Waals surface area (Å²) in [5, 5.41) is -0.462. The van der Waals surface area contributed by atoms with E-state index in [2.05, 4.69) is 5.43 Å². The summed E-state index contributed by atoms with van der Waals surface area (Å²) < 4.78 is 37.6. The van der Waals surface area contributed by atoms with Crippen molar-refractivity contribution in [3.05, 3.63) is 34.6 Å². The van der Waals surface area contributed by atoms with Gasteiger partial charge >= 0.3 is 0 Å². The van der Waals surface area contributed by atoms with E-state index < -0.39 is 26.9 Å². The lowest BCUT2D eigenvalue weighted by molar-refractivity contribution is 0.440. The second-order valence-electron chi connectivity index (χ2n) is 5.13. The van der Waals surface area contributed by atoms with Crippen LogP contribution in [-0.2, 0) is 16.3 Å². The molecule has 1 saturated heterocycles. The molecule has 0 amide bonds. The van der Waals surface area contributed by atoms with Gasteiger partial charge in [0, 0.05) is 6.04 Å². The molecular formula is C13H18ClFN2O2S. The van der Waals surface area contributed by atoms with Crippen molar-refractivity contribution in [3.63, 3.8) is 0 Å². The van der Waals surface area contributed by atoms with E-state index in [4.69, 9.17) is 17.4 Å². The highest BCUT2D eigenvalue weighted by Gasteiger charge is 2.35. The van der Waals surface area contributed by atoms with Crippen molar-refractivity contribution in [3.8, 4) is 0 Å². The Bertz CT molecular complexity index is 580. The zero-order chi connectivity index (χ0) is 14.8. The highest BCUT2D eigenvalue weighted by Crippen LogP contribution is 2.25. The van der Waals surface area contributed by atoms with Crippen molar-refractivity contribution in [1.29, 1.82) is 0 Å². The number of hydrogen-bond acceptors (Lipinski definition) is 4. The SMILES string of the molecule is NNC(Cc1ccc(Cl)c(F)c1)C1CCCCS1(=O)=O. The van der Waals surface area contributed by atoms with Gasteiger partial charge in [0.25, 0.3) is 0 Å². The van der Waals surface area contributed by atoms with Gasteiger partial charge in [-0.05, 0) is 37.0 Å². The van der Waals surface area contributed by atoms with E-state index in [1.807, 2.05) is 0 Å². The number of nitrogens with one attached hydrogen (secondary N) is 1. The Kier molecular flexibility index (Phi) is 5.01. The Morgan fingerprint density at radius 2 is 2.20 bits per heavy atom. The quantitative estimate of drug-likeness (QED) is 0.655. The third-order valence-electron chi connectivity index (χ3n) is 3.73. The highest BCUT2D eigenvalue weighted by molar-refractivity contribution is 7.92. The van der Waals surface area contributed by atoms with Gasteiger partial charge in [0.05, 0.1) is 16.0 Å². The fourth-order valence-corrected chi connectivity index (χ4v) is 4.88. The number of halogens is 2. The third kappa shape index (κ3) is 3.49. The molecule has 1 fully saturated rings. The Morgan fingerprint density at radius 1 is 1.45 bits per heavy atom. The van der Waals surface area contributed by atoms with E-state index in [-0.39, 0.29) is 10.8 Å². The average Bonchev–Trinajstić information content (AvgIpc) is 2.40. The zero-order valence-corrected chi connectivity index (χ0v) is 12.6. The lowest BCUT2D eigenvalue weighted by Gasteiger charge is -2.29. The molecule has 20 heavy (non-hydrogen) atoms. The van der Waals surface area contributed by atoms with Crippen LogP contribution in [0.2, 0.25) is 5.02 Å². The summed E-state index contributed by atoms with van der Waals surface area (Å²) in [6.07, 6.45) is 2.52. The summed E-state index contributed by atoms with van der Waals surface area (Å²) in [6.45, 7) is 0. The van der Waals surface area contributed by atoms with Crippen LogP contribution in [0.3, 0.4) is 0 Å². The molecule has 4 nitrogen and oxygen atoms in total. The van der Waals surface area contributed by atoms with E-state index in [0.29, 0.717) is 24.8 Å². The minimum atomic E-state index is -3.14. The van der Waals surface area contributed by atoms with Crippen molar-refractivity contribution in [1.82, 2.24) is 5.43 Å². The molecule has 2 rings (SSSR count). The molecule has 1 aromatic carbocycles. The normalized spacial score (nSPS) is 23.4. The number of hydrazine groups is 1. The van der Waals surface area contributed by atoms with Gasteiger partial charge in [-0.3, -0.25) is 11.3 Å². The Hall–Kier alpha value is -0.690. The molecule has 2 atom stereocenters. The van der Waals surface area contributed by atoms with E-state index in [9.17, 15) is 12.8 Å². The molecule has 1 aliphatic rings. The van der Waals surface area contributed by atoms with Crippen LogP contribution in [0.15, 0.2) is 18.2 Å². The Balaban J connectivity index is 2.18. The topological polar surface area (TPSA) is 72.2 Å². The molecule has 112 valence electrons. The molecule has 0 saturated carbocycles. The van der Waals surface area contributed by atoms with Crippen LogP contribution in [0, 0.1) is 5.82 Å². The van der Waals surface area contributed by atoms with Gasteiger partial charge in [-0.25, -0.2) is 12.8 Å². The molecule has 0 spiro atoms. The summed E-state index contributed by atoms with van der Waals surface area (Å²) >= 11 is 5.63. The Morgan fingerprint density at radius 3 is 2.80 bits per heavy atom. The van der Waals surface area contributed by atoms with Crippen molar-refractivity contribution < 1.29 is 12.8 Å². The monoisotopic (exact) mass is 320 g/mol. The second-order valence-corrected chi connectivity index (χ2v) is 7.87. The maximum Gasteiger partial charge on any atom is 0.154 e. The molecule has 0 aliphatic carbocycles. The molecule has 0 bridgehead atoms. The van der Waals surface area contributed by atoms with Crippen LogP contribution in [0.25, 0.3) is 0 Å². The Labute approximate surface area is 123 Å². The molecule has 7 heteroatoms. The standard InChI is InChI=1S/C13H18ClFN2O2S/c14-10-5-4-9(7-11(10)15)8-12(17-16)13-3-1-2-6-20(13,18)19/h4-5,7,12-13,17H,1-3,6,8,16H2. The lowest BCUT2D eigenvalue weighted by atomic mass is 10.00. The van der Waals surface area contributed by atoms with Gasteiger partial charge in [0.2, 0.25) is 0 Å². The minimum absolute atomic E-state index is 0.0521. The van der Waals surface area contributed by atoms with Gasteiger partial charge < -0.3 is 0 Å². The van der Waals surface area contributed by atoms with Crippen LogP contribution in [-0.4, -0.2) is 25.5 Å². The number of benzene rings is 1. The van der Waals surface area contributed by atoms with Crippen molar-refractivity contribution in [2.75, 3.05) is 5.75 Å². The number of hydrogen-bond donors (Lipinski definition) is 2. The van der Waals surface area contributed by atoms with Crippen LogP contribution < -0.4 is 11.3 Å². The number of rotatable bonds is 4. The molecule has 3 N–H and O–H groups in total. The summed E-state index contributed by atoms with van der Waals surface area (Å²) in [7, 11) is -3.14. The molecule has 1 heterocycles. The van der Waals surface area contributed by atoms with Crippen LogP contribution in [0.1, 0.15) is 24.8 Å². The summed E-state index contributed by atoms with van der Waals surface area (Å²) in [5.41, 5.74) is 3.25. The zero-order valence-electron chi connectivity index (χ0n) is 11.0. The minimum Gasteiger partial charge on any atom is -0.271 e. The molecule has 0 radical (unpaired) electrons. The summed E-state index contributed by atoms with van der Waals surface area (Å²) in [4.78, 5) is 0. The van der Waals surface area contributed by atoms with Crippen molar-refractivity contribution in [2.45, 2.75) is 37.0 Å². The smallest absolute Gasteiger partial charge is 0.154 e. The van der Waals surface area contributed by atoms with Gasteiger partial charge in [-0.15, -0.1) is 0 Å². The number of nitrogens with two attached hydrogens (primary N) is 1. The average molecular weight is 321 g/mol. The molecule has 1 aromatic rings. The van der Waals surface area contributed by atoms with Crippen LogP contribution >= 0.6 is 11.6 Å². The summed E-state index contributed by atoms with van der Waals surface area (Å²) in [6, 6.07) is 4.06. The fraction of sp³-hybridized carbons (Fsp3) is 0.538. The first kappa shape index (κ1) is 15.7. The molecule has 2 unspecified atom stereocenters. The predicted molar refractivity (Wildman–Crippen MR) is 77.7 cm³/mol. The number of sulfone groups is 1. The first-order valence-corrected chi connectivity index (χ1v) is 8.65. The maximum atomic E-state index is 13.4. The predicted octanol–water partition coefficient (Wildman–Crippen LogP) is 1.82. The third-order valence-corrected chi connectivity index (χ3v) is 6.38. The first-order chi connectivity index (χ1) is 9.44. The lowest BCUT2D eigenvalue weighted by Crippen LogP contribution is -2.50. The van der Waals surface area contributed by atoms with Crippen molar-refractivity contribution in [2.24, 2.45) is 5.84 Å². The van der Waals surface area contributed by atoms with E-state index in [1.54, 1.807) is 6.07 Å². The van der Waals surface area contributed by atoms with Crippen LogP contribution in [0.5, 0.6) is 0 Å². The molecule has 1 aliphatic heterocycles. The second kappa shape index (κ2) is 6.39. The summed E-state index contributed by atoms with van der Waals surface area (Å²) in [5.74, 6) is 5.20. The van der Waals surface area contributed by atoms with Gasteiger partial charge in [0.1, 0.15) is 5.82 Å². The fourth-order valence-electron chi connectivity index (χ4n) is 2.65. The highest BCUT2D eigenvalue weighted by atomic mass is 35.5. The first-order valence-electron chi connectivity index (χ1n) is 6.55. The van der Waals surface area contributed by atoms with Crippen molar-refractivity contribution >= 4 is 21.4 Å². The van der Waals surface area contributed by atoms with Gasteiger partial charge in [0.15, 0.2) is 9.84 Å². The molecular weight excluding hydrogens is 303 g/mol. The van der Waals surface area contributed by atoms with Gasteiger partial charge in [-0.2, -0.15) is 0 Å². The maximum absolute atomic E-state index is 13.4. The van der Waals surface area contributed by atoms with E-state index in [1.165, 1.54) is 12.1 Å². The largest absolute Gasteiger partial charge is 0.271 e. The molecule has 0 aromatic heterocycles. The van der Waals surface area contributed by atoms with Crippen LogP contribution in [0.4, 0.5) is 4.39 Å². The van der Waals surface area contributed by atoms with Gasteiger partial charge in [-0.1, -0.05) is 24.1 Å².